The fraction of sp³-hybridized carbons (Fsp3) is 1.00. The zero-order chi connectivity index (χ0) is 7.23. The lowest BCUT2D eigenvalue weighted by Crippen LogP contribution is -2.36. The predicted octanol–water partition coefficient (Wildman–Crippen LogP) is 0.975. The molecule has 1 aliphatic rings. The van der Waals surface area contributed by atoms with Gasteiger partial charge in [-0.3, -0.25) is 3.53 Å². The average molecular weight is 272 g/mol. The van der Waals surface area contributed by atoms with Crippen molar-refractivity contribution in [3.63, 3.8) is 0 Å². The summed E-state index contributed by atoms with van der Waals surface area (Å²) >= 11 is 4.27. The normalized spacial score (nSPS) is 21.3. The van der Waals surface area contributed by atoms with E-state index in [1.54, 1.807) is 0 Å². The van der Waals surface area contributed by atoms with Gasteiger partial charge in [0, 0.05) is 60.5 Å². The van der Waals surface area contributed by atoms with Crippen molar-refractivity contribution in [2.45, 2.75) is 0 Å². The SMILES string of the molecule is INCCN1CCSCC1. The zero-order valence-corrected chi connectivity index (χ0v) is 8.95. The molecule has 1 fully saturated rings. The summed E-state index contributed by atoms with van der Waals surface area (Å²) in [5.41, 5.74) is 0. The van der Waals surface area contributed by atoms with E-state index in [1.165, 1.54) is 31.1 Å². The van der Waals surface area contributed by atoms with Gasteiger partial charge in [0.2, 0.25) is 0 Å². The van der Waals surface area contributed by atoms with E-state index < -0.39 is 0 Å². The smallest absolute Gasteiger partial charge is 0.0178 e. The maximum absolute atomic E-state index is 3.14. The molecule has 0 radical (unpaired) electrons. The lowest BCUT2D eigenvalue weighted by molar-refractivity contribution is 0.309. The monoisotopic (exact) mass is 272 g/mol. The summed E-state index contributed by atoms with van der Waals surface area (Å²) in [6.07, 6.45) is 0. The molecule has 1 N–H and O–H groups in total. The predicted molar refractivity (Wildman–Crippen MR) is 55.8 cm³/mol. The Morgan fingerprint density at radius 2 is 2.10 bits per heavy atom. The Hall–Kier alpha value is 1.000. The summed E-state index contributed by atoms with van der Waals surface area (Å²) in [6, 6.07) is 0. The number of hydrogen-bond acceptors (Lipinski definition) is 3. The first kappa shape index (κ1) is 9.09. The van der Waals surface area contributed by atoms with E-state index in [-0.39, 0.29) is 0 Å². The first-order chi connectivity index (χ1) is 4.93. The van der Waals surface area contributed by atoms with Crippen molar-refractivity contribution in [3.8, 4) is 0 Å². The molecule has 0 aromatic rings. The molecule has 0 aliphatic carbocycles. The average Bonchev–Trinajstić information content (AvgIpc) is 2.03. The van der Waals surface area contributed by atoms with Gasteiger partial charge < -0.3 is 4.90 Å². The van der Waals surface area contributed by atoms with Crippen LogP contribution in [0.4, 0.5) is 0 Å². The van der Waals surface area contributed by atoms with Crippen LogP contribution >= 0.6 is 34.6 Å². The van der Waals surface area contributed by atoms with Gasteiger partial charge in [-0.1, -0.05) is 0 Å². The lowest BCUT2D eigenvalue weighted by Gasteiger charge is -2.25. The molecule has 0 aromatic heterocycles. The summed E-state index contributed by atoms with van der Waals surface area (Å²) in [7, 11) is 0. The maximum Gasteiger partial charge on any atom is 0.0178 e. The molecule has 0 aromatic carbocycles. The summed E-state index contributed by atoms with van der Waals surface area (Å²) in [5, 5.41) is 0. The third-order valence-electron chi connectivity index (χ3n) is 1.63. The van der Waals surface area contributed by atoms with Gasteiger partial charge in [0.25, 0.3) is 0 Å². The molecule has 1 saturated heterocycles. The van der Waals surface area contributed by atoms with Gasteiger partial charge in [0.1, 0.15) is 0 Å². The molecule has 0 amide bonds. The minimum absolute atomic E-state index is 1.12. The summed E-state index contributed by atoms with van der Waals surface area (Å²) < 4.78 is 3.14. The van der Waals surface area contributed by atoms with Crippen LogP contribution < -0.4 is 3.53 Å². The molecule has 60 valence electrons. The molecule has 2 nitrogen and oxygen atoms in total. The highest BCUT2D eigenvalue weighted by molar-refractivity contribution is 14.1. The molecule has 0 unspecified atom stereocenters. The Bertz CT molecular complexity index is 85.8. The van der Waals surface area contributed by atoms with Crippen molar-refractivity contribution in [2.75, 3.05) is 37.7 Å². The van der Waals surface area contributed by atoms with Gasteiger partial charge in [-0.15, -0.1) is 0 Å². The second-order valence-corrected chi connectivity index (χ2v) is 4.33. The maximum atomic E-state index is 3.14. The molecule has 1 rings (SSSR count). The molecule has 10 heavy (non-hydrogen) atoms. The van der Waals surface area contributed by atoms with Gasteiger partial charge in [0.05, 0.1) is 0 Å². The van der Waals surface area contributed by atoms with Crippen molar-refractivity contribution in [1.29, 1.82) is 0 Å². The second kappa shape index (κ2) is 5.62. The molecule has 4 heteroatoms. The van der Waals surface area contributed by atoms with Crippen LogP contribution in [0.3, 0.4) is 0 Å². The Kier molecular flexibility index (Phi) is 5.11. The van der Waals surface area contributed by atoms with Crippen molar-refractivity contribution >= 4 is 34.6 Å². The molecular formula is C6H13IN2S. The first-order valence-electron chi connectivity index (χ1n) is 3.57. The van der Waals surface area contributed by atoms with Crippen molar-refractivity contribution in [3.05, 3.63) is 0 Å². The number of thioether (sulfide) groups is 1. The third-order valence-corrected chi connectivity index (χ3v) is 3.11. The van der Waals surface area contributed by atoms with Crippen LogP contribution in [-0.4, -0.2) is 42.6 Å². The topological polar surface area (TPSA) is 15.3 Å². The number of nitrogens with one attached hydrogen (secondary N) is 1. The molecular weight excluding hydrogens is 259 g/mol. The first-order valence-corrected chi connectivity index (χ1v) is 5.80. The van der Waals surface area contributed by atoms with Gasteiger partial charge >= 0.3 is 0 Å². The fourth-order valence-corrected chi connectivity index (χ4v) is 2.25. The quantitative estimate of drug-likeness (QED) is 0.609. The summed E-state index contributed by atoms with van der Waals surface area (Å²) in [4.78, 5) is 2.52. The van der Waals surface area contributed by atoms with Crippen molar-refractivity contribution < 1.29 is 0 Å². The van der Waals surface area contributed by atoms with Crippen LogP contribution in [0, 0.1) is 0 Å². The minimum atomic E-state index is 1.12. The van der Waals surface area contributed by atoms with Gasteiger partial charge in [0.15, 0.2) is 0 Å². The van der Waals surface area contributed by atoms with Crippen molar-refractivity contribution in [2.24, 2.45) is 0 Å². The van der Waals surface area contributed by atoms with Crippen LogP contribution in [0.5, 0.6) is 0 Å². The van der Waals surface area contributed by atoms with Crippen LogP contribution in [-0.2, 0) is 0 Å². The highest BCUT2D eigenvalue weighted by Gasteiger charge is 2.08. The van der Waals surface area contributed by atoms with Crippen LogP contribution in [0.15, 0.2) is 0 Å². The molecule has 0 atom stereocenters. The number of nitrogens with zero attached hydrogens (tertiary/aromatic N) is 1. The Morgan fingerprint density at radius 3 is 2.70 bits per heavy atom. The standard InChI is InChI=1S/C6H13IN2S/c7-8-1-2-9-3-5-10-6-4-9/h8H,1-6H2. The second-order valence-electron chi connectivity index (χ2n) is 2.34. The van der Waals surface area contributed by atoms with E-state index >= 15 is 0 Å². The van der Waals surface area contributed by atoms with Gasteiger partial charge in [-0.2, -0.15) is 11.8 Å². The molecule has 0 saturated carbocycles. The highest BCUT2D eigenvalue weighted by Crippen LogP contribution is 2.07. The van der Waals surface area contributed by atoms with E-state index in [0.29, 0.717) is 0 Å². The van der Waals surface area contributed by atoms with Crippen LogP contribution in [0.1, 0.15) is 0 Å². The molecule has 0 spiro atoms. The van der Waals surface area contributed by atoms with Crippen LogP contribution in [0.25, 0.3) is 0 Å². The summed E-state index contributed by atoms with van der Waals surface area (Å²) in [5.74, 6) is 2.64. The third kappa shape index (κ3) is 3.41. The Morgan fingerprint density at radius 1 is 1.40 bits per heavy atom. The fourth-order valence-electron chi connectivity index (χ4n) is 1.03. The van der Waals surface area contributed by atoms with Crippen LogP contribution in [0.2, 0.25) is 0 Å². The number of halogens is 1. The Labute approximate surface area is 80.6 Å². The number of hydrogen-bond donors (Lipinski definition) is 1. The largest absolute Gasteiger partial charge is 0.300 e. The van der Waals surface area contributed by atoms with E-state index in [2.05, 4.69) is 43.1 Å². The highest BCUT2D eigenvalue weighted by atomic mass is 127. The van der Waals surface area contributed by atoms with E-state index in [9.17, 15) is 0 Å². The van der Waals surface area contributed by atoms with E-state index in [1.807, 2.05) is 0 Å². The zero-order valence-electron chi connectivity index (χ0n) is 5.98. The lowest BCUT2D eigenvalue weighted by atomic mass is 10.5. The molecule has 0 bridgehead atoms. The van der Waals surface area contributed by atoms with Gasteiger partial charge in [-0.05, 0) is 0 Å². The number of rotatable bonds is 3. The minimum Gasteiger partial charge on any atom is -0.300 e. The van der Waals surface area contributed by atoms with E-state index in [0.717, 1.165) is 6.54 Å². The Balaban J connectivity index is 2.02. The van der Waals surface area contributed by atoms with E-state index in [4.69, 9.17) is 0 Å². The molecule has 1 heterocycles. The summed E-state index contributed by atoms with van der Waals surface area (Å²) in [6.45, 7) is 4.89. The van der Waals surface area contributed by atoms with Crippen molar-refractivity contribution in [1.82, 2.24) is 8.43 Å². The van der Waals surface area contributed by atoms with Gasteiger partial charge in [-0.25, -0.2) is 0 Å². The molecule has 1 aliphatic heterocycles.